The first-order valence-electron chi connectivity index (χ1n) is 7.75. The Bertz CT molecular complexity index is 969. The van der Waals surface area contributed by atoms with Crippen molar-refractivity contribution in [3.63, 3.8) is 0 Å². The van der Waals surface area contributed by atoms with Crippen LogP contribution >= 0.6 is 23.1 Å². The third-order valence-electron chi connectivity index (χ3n) is 3.51. The van der Waals surface area contributed by atoms with E-state index in [0.29, 0.717) is 23.1 Å². The van der Waals surface area contributed by atoms with Crippen LogP contribution in [0.1, 0.15) is 6.42 Å². The van der Waals surface area contributed by atoms with Crippen LogP contribution in [-0.2, 0) is 10.0 Å². The van der Waals surface area contributed by atoms with E-state index >= 15 is 0 Å². The largest absolute Gasteiger partial charge is 0.495 e. The second kappa shape index (κ2) is 8.21. The van der Waals surface area contributed by atoms with Crippen molar-refractivity contribution in [3.8, 4) is 22.1 Å². The topological polar surface area (TPSA) is 100 Å². The Morgan fingerprint density at radius 1 is 1.23 bits per heavy atom. The molecule has 2 N–H and O–H groups in total. The van der Waals surface area contributed by atoms with E-state index in [-0.39, 0.29) is 5.75 Å². The summed E-state index contributed by atoms with van der Waals surface area (Å²) in [5, 5.41) is 16.4. The first-order chi connectivity index (χ1) is 12.5. The number of para-hydroxylation sites is 2. The van der Waals surface area contributed by atoms with E-state index in [0.717, 1.165) is 16.4 Å². The number of nitrogens with two attached hydrogens (primary N) is 1. The molecule has 0 aliphatic rings. The molecule has 0 bridgehead atoms. The number of hydrogen-bond donors (Lipinski definition) is 1. The zero-order valence-corrected chi connectivity index (χ0v) is 16.5. The van der Waals surface area contributed by atoms with E-state index in [9.17, 15) is 8.42 Å². The fourth-order valence-electron chi connectivity index (χ4n) is 2.38. The molecule has 26 heavy (non-hydrogen) atoms. The van der Waals surface area contributed by atoms with Gasteiger partial charge in [0.05, 0.1) is 23.4 Å². The van der Waals surface area contributed by atoms with Gasteiger partial charge < -0.3 is 4.74 Å². The molecule has 0 aliphatic carbocycles. The molecular formula is C16H18N4O3S3. The minimum absolute atomic E-state index is 0.0550. The number of thiophene rings is 1. The Morgan fingerprint density at radius 3 is 2.73 bits per heavy atom. The van der Waals surface area contributed by atoms with Crippen molar-refractivity contribution in [1.82, 2.24) is 14.8 Å². The zero-order chi connectivity index (χ0) is 18.6. The molecule has 0 unspecified atom stereocenters. The molecule has 0 saturated carbocycles. The van der Waals surface area contributed by atoms with Gasteiger partial charge >= 0.3 is 0 Å². The quantitative estimate of drug-likeness (QED) is 0.453. The monoisotopic (exact) mass is 410 g/mol. The lowest BCUT2D eigenvalue weighted by atomic mass is 10.3. The Morgan fingerprint density at radius 2 is 2.04 bits per heavy atom. The fourth-order valence-corrected chi connectivity index (χ4v) is 4.70. The van der Waals surface area contributed by atoms with Crippen LogP contribution in [0.3, 0.4) is 0 Å². The lowest BCUT2D eigenvalue weighted by molar-refractivity contribution is 0.412. The highest BCUT2D eigenvalue weighted by Crippen LogP contribution is 2.34. The number of hydrogen-bond acceptors (Lipinski definition) is 7. The second-order valence-electron chi connectivity index (χ2n) is 5.36. The Balaban J connectivity index is 1.95. The van der Waals surface area contributed by atoms with Crippen LogP contribution in [0.2, 0.25) is 0 Å². The second-order valence-corrected chi connectivity index (χ2v) is 9.10. The normalized spacial score (nSPS) is 11.6. The molecule has 1 aromatic carbocycles. The van der Waals surface area contributed by atoms with E-state index in [1.807, 2.05) is 46.3 Å². The lowest BCUT2D eigenvalue weighted by Crippen LogP contribution is -2.16. The van der Waals surface area contributed by atoms with Gasteiger partial charge in [-0.25, -0.2) is 13.6 Å². The van der Waals surface area contributed by atoms with Crippen molar-refractivity contribution in [1.29, 1.82) is 0 Å². The number of sulfonamides is 1. The molecular weight excluding hydrogens is 392 g/mol. The molecule has 0 atom stereocenters. The van der Waals surface area contributed by atoms with Crippen LogP contribution in [0.25, 0.3) is 16.4 Å². The summed E-state index contributed by atoms with van der Waals surface area (Å²) in [4.78, 5) is 0.986. The highest BCUT2D eigenvalue weighted by Gasteiger charge is 2.19. The van der Waals surface area contributed by atoms with Gasteiger partial charge in [0.15, 0.2) is 11.0 Å². The summed E-state index contributed by atoms with van der Waals surface area (Å²) in [6.45, 7) is 0. The van der Waals surface area contributed by atoms with Gasteiger partial charge in [0, 0.05) is 5.75 Å². The molecule has 0 spiro atoms. The highest BCUT2D eigenvalue weighted by molar-refractivity contribution is 7.99. The summed E-state index contributed by atoms with van der Waals surface area (Å²) in [5.41, 5.74) is 0.831. The summed E-state index contributed by atoms with van der Waals surface area (Å²) in [6, 6.07) is 11.6. The van der Waals surface area contributed by atoms with E-state index in [2.05, 4.69) is 10.2 Å². The molecule has 3 aromatic rings. The van der Waals surface area contributed by atoms with Crippen LogP contribution in [0.15, 0.2) is 46.9 Å². The number of methoxy groups -OCH3 is 1. The van der Waals surface area contributed by atoms with Gasteiger partial charge in [0.1, 0.15) is 5.75 Å². The van der Waals surface area contributed by atoms with Crippen molar-refractivity contribution in [2.75, 3.05) is 18.6 Å². The van der Waals surface area contributed by atoms with Crippen molar-refractivity contribution in [2.45, 2.75) is 11.6 Å². The minimum atomic E-state index is -3.46. The average molecular weight is 411 g/mol. The van der Waals surface area contributed by atoms with Gasteiger partial charge in [-0.2, -0.15) is 0 Å². The van der Waals surface area contributed by atoms with E-state index in [4.69, 9.17) is 9.88 Å². The van der Waals surface area contributed by atoms with E-state index in [1.54, 1.807) is 18.4 Å². The Hall–Kier alpha value is -1.88. The summed E-state index contributed by atoms with van der Waals surface area (Å²) in [5.74, 6) is 1.93. The maximum absolute atomic E-state index is 11.1. The third-order valence-corrected chi connectivity index (χ3v) is 6.24. The lowest BCUT2D eigenvalue weighted by Gasteiger charge is -2.13. The molecule has 0 amide bonds. The number of benzene rings is 1. The van der Waals surface area contributed by atoms with Crippen LogP contribution in [0.4, 0.5) is 0 Å². The van der Waals surface area contributed by atoms with Gasteiger partial charge in [0.2, 0.25) is 10.0 Å². The predicted octanol–water partition coefficient (Wildman–Crippen LogP) is 2.78. The van der Waals surface area contributed by atoms with Gasteiger partial charge in [-0.05, 0) is 30.0 Å². The first kappa shape index (κ1) is 18.9. The SMILES string of the molecule is COc1ccccc1-n1c(SCCCS(N)(=O)=O)nnc1-c1cccs1. The molecule has 7 nitrogen and oxygen atoms in total. The molecule has 0 fully saturated rings. The summed E-state index contributed by atoms with van der Waals surface area (Å²) < 4.78 is 29.6. The first-order valence-corrected chi connectivity index (χ1v) is 11.3. The third kappa shape index (κ3) is 4.44. The summed E-state index contributed by atoms with van der Waals surface area (Å²) >= 11 is 3.01. The van der Waals surface area contributed by atoms with Crippen LogP contribution in [0.5, 0.6) is 5.75 Å². The molecule has 2 aromatic heterocycles. The number of ether oxygens (including phenoxy) is 1. The van der Waals surface area contributed by atoms with Crippen molar-refractivity contribution in [2.24, 2.45) is 5.14 Å². The van der Waals surface area contributed by atoms with Gasteiger partial charge in [-0.15, -0.1) is 21.5 Å². The van der Waals surface area contributed by atoms with Crippen LogP contribution in [0, 0.1) is 0 Å². The van der Waals surface area contributed by atoms with Gasteiger partial charge in [0.25, 0.3) is 0 Å². The zero-order valence-electron chi connectivity index (χ0n) is 14.0. The molecule has 2 heterocycles. The minimum Gasteiger partial charge on any atom is -0.495 e. The molecule has 0 radical (unpaired) electrons. The molecule has 10 heteroatoms. The number of thioether (sulfide) groups is 1. The van der Waals surface area contributed by atoms with Crippen LogP contribution < -0.4 is 9.88 Å². The standard InChI is InChI=1S/C16H18N4O3S3/c1-23-13-7-3-2-6-12(13)20-15(14-8-4-9-24-14)18-19-16(20)25-10-5-11-26(17,21)22/h2-4,6-9H,5,10-11H2,1H3,(H2,17,21,22). The molecule has 0 aliphatic heterocycles. The summed E-state index contributed by atoms with van der Waals surface area (Å²) in [6.07, 6.45) is 0.441. The Labute approximate surface area is 160 Å². The fraction of sp³-hybridized carbons (Fsp3) is 0.250. The van der Waals surface area contributed by atoms with Crippen molar-refractivity contribution < 1.29 is 13.2 Å². The number of nitrogens with zero attached hydrogens (tertiary/aromatic N) is 3. The van der Waals surface area contributed by atoms with Gasteiger partial charge in [-0.1, -0.05) is 30.0 Å². The van der Waals surface area contributed by atoms with E-state index < -0.39 is 10.0 Å². The average Bonchev–Trinajstić information content (AvgIpc) is 3.27. The van der Waals surface area contributed by atoms with Gasteiger partial charge in [-0.3, -0.25) is 4.57 Å². The molecule has 3 rings (SSSR count). The number of aromatic nitrogens is 3. The number of rotatable bonds is 8. The smallest absolute Gasteiger partial charge is 0.209 e. The van der Waals surface area contributed by atoms with Crippen molar-refractivity contribution >= 4 is 33.1 Å². The number of primary sulfonamides is 1. The maximum Gasteiger partial charge on any atom is 0.209 e. The van der Waals surface area contributed by atoms with E-state index in [1.165, 1.54) is 11.8 Å². The highest BCUT2D eigenvalue weighted by atomic mass is 32.2. The molecule has 0 saturated heterocycles. The Kier molecular flexibility index (Phi) is 5.97. The maximum atomic E-state index is 11.1. The summed E-state index contributed by atoms with van der Waals surface area (Å²) in [7, 11) is -1.84. The predicted molar refractivity (Wildman–Crippen MR) is 105 cm³/mol. The van der Waals surface area contributed by atoms with Crippen molar-refractivity contribution in [3.05, 3.63) is 41.8 Å². The molecule has 138 valence electrons. The van der Waals surface area contributed by atoms with Crippen LogP contribution in [-0.4, -0.2) is 41.8 Å².